The standard InChI is InChI=1S/C26H24F2N4O4S2/c1-36-19-4-7-24-23(13-19)30-26(37-24)32(16-17-3-2-10-29-15-17)25(33)18-8-11-31(12-9-18)38(34,35)20-5-6-21(27)22(28)14-20/h2-7,10,13-15,18H,8-9,11-12,16H2,1H3. The molecule has 0 radical (unpaired) electrons. The van der Waals surface area contributed by atoms with Crippen LogP contribution in [0.4, 0.5) is 13.9 Å². The molecule has 2 aromatic heterocycles. The number of nitrogens with zero attached hydrogens (tertiary/aromatic N) is 4. The molecule has 12 heteroatoms. The molecular weight excluding hydrogens is 534 g/mol. The zero-order valence-corrected chi connectivity index (χ0v) is 22.0. The lowest BCUT2D eigenvalue weighted by Gasteiger charge is -2.33. The lowest BCUT2D eigenvalue weighted by Crippen LogP contribution is -2.44. The van der Waals surface area contributed by atoms with Gasteiger partial charge in [0.25, 0.3) is 0 Å². The van der Waals surface area contributed by atoms with Gasteiger partial charge < -0.3 is 4.74 Å². The average molecular weight is 559 g/mol. The third kappa shape index (κ3) is 5.24. The molecule has 1 saturated heterocycles. The first-order valence-electron chi connectivity index (χ1n) is 11.9. The number of hydrogen-bond acceptors (Lipinski definition) is 7. The first kappa shape index (κ1) is 26.1. The zero-order valence-electron chi connectivity index (χ0n) is 20.4. The molecule has 0 atom stereocenters. The fraction of sp³-hybridized carbons (Fsp3) is 0.269. The van der Waals surface area contributed by atoms with E-state index in [1.165, 1.54) is 15.6 Å². The summed E-state index contributed by atoms with van der Waals surface area (Å²) in [7, 11) is -2.45. The van der Waals surface area contributed by atoms with E-state index in [9.17, 15) is 22.0 Å². The summed E-state index contributed by atoms with van der Waals surface area (Å²) in [5.74, 6) is -2.28. The number of piperidine rings is 1. The van der Waals surface area contributed by atoms with E-state index in [0.717, 1.165) is 22.4 Å². The summed E-state index contributed by atoms with van der Waals surface area (Å²) in [5.41, 5.74) is 1.54. The zero-order chi connectivity index (χ0) is 26.9. The molecule has 1 aliphatic heterocycles. The number of ether oxygens (including phenoxy) is 1. The maximum absolute atomic E-state index is 13.8. The fourth-order valence-electron chi connectivity index (χ4n) is 4.40. The van der Waals surface area contributed by atoms with Crippen LogP contribution < -0.4 is 9.64 Å². The molecule has 0 spiro atoms. The number of rotatable bonds is 7. The van der Waals surface area contributed by atoms with Gasteiger partial charge >= 0.3 is 0 Å². The number of aromatic nitrogens is 2. The predicted octanol–water partition coefficient (Wildman–Crippen LogP) is 4.61. The van der Waals surface area contributed by atoms with Gasteiger partial charge in [-0.2, -0.15) is 4.31 Å². The highest BCUT2D eigenvalue weighted by atomic mass is 32.2. The number of sulfonamides is 1. The Hall–Kier alpha value is -3.48. The highest BCUT2D eigenvalue weighted by molar-refractivity contribution is 7.89. The molecule has 0 bridgehead atoms. The molecule has 1 aliphatic rings. The van der Waals surface area contributed by atoms with E-state index in [0.29, 0.717) is 22.5 Å². The number of hydrogen-bond donors (Lipinski definition) is 0. The molecule has 198 valence electrons. The number of anilines is 1. The lowest BCUT2D eigenvalue weighted by molar-refractivity contribution is -0.123. The average Bonchev–Trinajstić information content (AvgIpc) is 3.36. The fourth-order valence-corrected chi connectivity index (χ4v) is 6.83. The van der Waals surface area contributed by atoms with Crippen LogP contribution in [0.3, 0.4) is 0 Å². The van der Waals surface area contributed by atoms with Crippen LogP contribution >= 0.6 is 11.3 Å². The number of thiazole rings is 1. The first-order chi connectivity index (χ1) is 18.3. The van der Waals surface area contributed by atoms with Crippen LogP contribution in [-0.2, 0) is 21.4 Å². The van der Waals surface area contributed by atoms with Crippen molar-refractivity contribution in [1.82, 2.24) is 14.3 Å². The van der Waals surface area contributed by atoms with Gasteiger partial charge in [-0.25, -0.2) is 22.2 Å². The van der Waals surface area contributed by atoms with E-state index in [4.69, 9.17) is 9.72 Å². The summed E-state index contributed by atoms with van der Waals surface area (Å²) in [4.78, 5) is 24.0. The normalized spacial score (nSPS) is 15.0. The summed E-state index contributed by atoms with van der Waals surface area (Å²) in [6, 6.07) is 11.7. The Kier molecular flexibility index (Phi) is 7.37. The Morgan fingerprint density at radius 2 is 1.92 bits per heavy atom. The van der Waals surface area contributed by atoms with Gasteiger partial charge in [-0.3, -0.25) is 14.7 Å². The van der Waals surface area contributed by atoms with E-state index in [-0.39, 0.29) is 43.3 Å². The largest absolute Gasteiger partial charge is 0.497 e. The minimum atomic E-state index is -4.02. The Balaban J connectivity index is 1.37. The third-order valence-corrected chi connectivity index (χ3v) is 9.43. The monoisotopic (exact) mass is 558 g/mol. The smallest absolute Gasteiger partial charge is 0.243 e. The van der Waals surface area contributed by atoms with Crippen molar-refractivity contribution in [3.8, 4) is 5.75 Å². The maximum Gasteiger partial charge on any atom is 0.243 e. The van der Waals surface area contributed by atoms with Crippen molar-refractivity contribution >= 4 is 42.6 Å². The first-order valence-corrected chi connectivity index (χ1v) is 14.1. The van der Waals surface area contributed by atoms with E-state index in [1.807, 2.05) is 24.3 Å². The number of pyridine rings is 1. The number of carbonyl (C=O) groups excluding carboxylic acids is 1. The third-order valence-electron chi connectivity index (χ3n) is 6.48. The number of carbonyl (C=O) groups is 1. The number of amides is 1. The molecular formula is C26H24F2N4O4S2. The summed E-state index contributed by atoms with van der Waals surface area (Å²) >= 11 is 1.39. The number of methoxy groups -OCH3 is 1. The van der Waals surface area contributed by atoms with Crippen molar-refractivity contribution in [3.05, 3.63) is 78.1 Å². The molecule has 0 N–H and O–H groups in total. The second kappa shape index (κ2) is 10.7. The minimum absolute atomic E-state index is 0.0789. The molecule has 8 nitrogen and oxygen atoms in total. The van der Waals surface area contributed by atoms with Gasteiger partial charge in [-0.1, -0.05) is 17.4 Å². The number of benzene rings is 2. The van der Waals surface area contributed by atoms with Crippen LogP contribution in [0.15, 0.2) is 65.8 Å². The summed E-state index contributed by atoms with van der Waals surface area (Å²) < 4.78 is 60.4. The van der Waals surface area contributed by atoms with Gasteiger partial charge in [0.15, 0.2) is 16.8 Å². The van der Waals surface area contributed by atoms with Crippen LogP contribution in [0.25, 0.3) is 10.2 Å². The van der Waals surface area contributed by atoms with Crippen molar-refractivity contribution < 1.29 is 26.7 Å². The van der Waals surface area contributed by atoms with E-state index in [2.05, 4.69) is 4.98 Å². The van der Waals surface area contributed by atoms with Crippen molar-refractivity contribution in [2.24, 2.45) is 5.92 Å². The summed E-state index contributed by atoms with van der Waals surface area (Å²) in [6.45, 7) is 0.419. The SMILES string of the molecule is COc1ccc2sc(N(Cc3cccnc3)C(=O)C3CCN(S(=O)(=O)c4ccc(F)c(F)c4)CC3)nc2c1. The maximum atomic E-state index is 13.8. The molecule has 5 rings (SSSR count). The van der Waals surface area contributed by atoms with Crippen LogP contribution in [0.1, 0.15) is 18.4 Å². The van der Waals surface area contributed by atoms with Gasteiger partial charge in [0.05, 0.1) is 28.8 Å². The van der Waals surface area contributed by atoms with Crippen molar-refractivity contribution in [2.75, 3.05) is 25.1 Å². The summed E-state index contributed by atoms with van der Waals surface area (Å²) in [6.07, 6.45) is 3.91. The predicted molar refractivity (Wildman–Crippen MR) is 139 cm³/mol. The van der Waals surface area contributed by atoms with Gasteiger partial charge in [0.1, 0.15) is 5.75 Å². The highest BCUT2D eigenvalue weighted by Crippen LogP contribution is 2.34. The van der Waals surface area contributed by atoms with Gasteiger partial charge in [0, 0.05) is 37.5 Å². The molecule has 2 aromatic carbocycles. The second-order valence-electron chi connectivity index (χ2n) is 8.87. The van der Waals surface area contributed by atoms with E-state index >= 15 is 0 Å². The second-order valence-corrected chi connectivity index (χ2v) is 11.8. The van der Waals surface area contributed by atoms with E-state index < -0.39 is 27.6 Å². The topological polar surface area (TPSA) is 92.7 Å². The quantitative estimate of drug-likeness (QED) is 0.329. The highest BCUT2D eigenvalue weighted by Gasteiger charge is 2.35. The lowest BCUT2D eigenvalue weighted by atomic mass is 9.96. The molecule has 1 fully saturated rings. The minimum Gasteiger partial charge on any atom is -0.497 e. The molecule has 3 heterocycles. The molecule has 38 heavy (non-hydrogen) atoms. The van der Waals surface area contributed by atoms with Crippen LogP contribution in [0, 0.1) is 17.6 Å². The van der Waals surface area contributed by atoms with Gasteiger partial charge in [0.2, 0.25) is 15.9 Å². The van der Waals surface area contributed by atoms with Gasteiger partial charge in [-0.15, -0.1) is 0 Å². The molecule has 0 saturated carbocycles. The summed E-state index contributed by atoms with van der Waals surface area (Å²) in [5, 5.41) is 0.527. The van der Waals surface area contributed by atoms with Crippen molar-refractivity contribution in [3.63, 3.8) is 0 Å². The van der Waals surface area contributed by atoms with Crippen LogP contribution in [-0.4, -0.2) is 48.8 Å². The van der Waals surface area contributed by atoms with Crippen molar-refractivity contribution in [2.45, 2.75) is 24.3 Å². The Labute approximate surface area is 222 Å². The van der Waals surface area contributed by atoms with Crippen LogP contribution in [0.5, 0.6) is 5.75 Å². The molecule has 0 aliphatic carbocycles. The van der Waals surface area contributed by atoms with Gasteiger partial charge in [-0.05, 0) is 54.8 Å². The molecule has 1 amide bonds. The number of halogens is 2. The van der Waals surface area contributed by atoms with Crippen molar-refractivity contribution in [1.29, 1.82) is 0 Å². The Bertz CT molecular complexity index is 1570. The van der Waals surface area contributed by atoms with Crippen LogP contribution in [0.2, 0.25) is 0 Å². The Morgan fingerprint density at radius 3 is 2.61 bits per heavy atom. The molecule has 0 unspecified atom stereocenters. The Morgan fingerprint density at radius 1 is 1.13 bits per heavy atom. The molecule has 4 aromatic rings. The number of fused-ring (bicyclic) bond motifs is 1. The van der Waals surface area contributed by atoms with E-state index in [1.54, 1.807) is 30.5 Å².